The summed E-state index contributed by atoms with van der Waals surface area (Å²) >= 11 is 0. The molecule has 0 saturated heterocycles. The van der Waals surface area contributed by atoms with Crippen LogP contribution in [0.25, 0.3) is 44.2 Å². The van der Waals surface area contributed by atoms with Crippen LogP contribution in [-0.4, -0.2) is 0 Å². The first-order valence-corrected chi connectivity index (χ1v) is 20.0. The number of hydrogen-bond acceptors (Lipinski definition) is 1. The molecular formula is C56H41N. The Kier molecular flexibility index (Phi) is 7.50. The number of fused-ring (bicyclic) bond motifs is 8. The molecule has 0 aliphatic heterocycles. The molecule has 0 fully saturated rings. The molecule has 0 radical (unpaired) electrons. The van der Waals surface area contributed by atoms with Crippen LogP contribution in [0.15, 0.2) is 212 Å². The lowest BCUT2D eigenvalue weighted by Gasteiger charge is -2.35. The standard InChI is InChI=1S/C56H41N/c1-55(2)49-29-14-13-28-48(49)53-52(36-40-20-9-10-25-45(40)54(53)55)57(43-34-32-39(33-35-43)38-18-5-3-6-19-38)44-24-17-23-42(37-44)56(41-21-7-4-8-22-41)50-30-15-11-26-46(50)47-27-12-16-31-51(47)56/h3-37H,1-2H3. The van der Waals surface area contributed by atoms with Crippen molar-refractivity contribution in [2.45, 2.75) is 24.7 Å². The number of hydrogen-bond donors (Lipinski definition) is 0. The van der Waals surface area contributed by atoms with Crippen LogP contribution in [0.4, 0.5) is 17.1 Å². The van der Waals surface area contributed by atoms with E-state index in [0.717, 1.165) is 11.4 Å². The van der Waals surface area contributed by atoms with Crippen molar-refractivity contribution >= 4 is 27.8 Å². The highest BCUT2D eigenvalue weighted by Crippen LogP contribution is 2.59. The van der Waals surface area contributed by atoms with Gasteiger partial charge in [-0.2, -0.15) is 0 Å². The van der Waals surface area contributed by atoms with E-state index in [1.54, 1.807) is 0 Å². The predicted octanol–water partition coefficient (Wildman–Crippen LogP) is 14.6. The van der Waals surface area contributed by atoms with Crippen molar-refractivity contribution in [1.82, 2.24) is 0 Å². The van der Waals surface area contributed by atoms with Crippen LogP contribution >= 0.6 is 0 Å². The molecule has 1 heteroatoms. The lowest BCUT2D eigenvalue weighted by molar-refractivity contribution is 0.666. The molecule has 0 bridgehead atoms. The van der Waals surface area contributed by atoms with E-state index in [0.29, 0.717) is 0 Å². The number of nitrogens with zero attached hydrogens (tertiary/aromatic N) is 1. The van der Waals surface area contributed by atoms with E-state index in [1.165, 1.54) is 83.2 Å². The zero-order chi connectivity index (χ0) is 38.1. The number of benzene rings is 9. The molecule has 0 saturated carbocycles. The minimum Gasteiger partial charge on any atom is -0.310 e. The molecule has 9 aromatic rings. The van der Waals surface area contributed by atoms with Gasteiger partial charge in [-0.25, -0.2) is 0 Å². The van der Waals surface area contributed by atoms with E-state index in [9.17, 15) is 0 Å². The molecule has 0 unspecified atom stereocenters. The smallest absolute Gasteiger partial charge is 0.0714 e. The lowest BCUT2D eigenvalue weighted by Crippen LogP contribution is -2.28. The first-order chi connectivity index (χ1) is 28.0. The number of rotatable bonds is 6. The average Bonchev–Trinajstić information content (AvgIpc) is 3.71. The third-order valence-electron chi connectivity index (χ3n) is 12.7. The van der Waals surface area contributed by atoms with E-state index in [1.807, 2.05) is 0 Å². The zero-order valence-electron chi connectivity index (χ0n) is 32.2. The lowest BCUT2D eigenvalue weighted by atomic mass is 9.67. The van der Waals surface area contributed by atoms with Crippen molar-refractivity contribution in [2.75, 3.05) is 4.90 Å². The highest BCUT2D eigenvalue weighted by molar-refractivity contribution is 6.06. The molecule has 0 atom stereocenters. The monoisotopic (exact) mass is 727 g/mol. The normalized spacial score (nSPS) is 14.1. The van der Waals surface area contributed by atoms with Gasteiger partial charge in [-0.1, -0.05) is 196 Å². The van der Waals surface area contributed by atoms with Gasteiger partial charge in [0.15, 0.2) is 0 Å². The van der Waals surface area contributed by atoms with Crippen molar-refractivity contribution in [3.63, 3.8) is 0 Å². The van der Waals surface area contributed by atoms with Gasteiger partial charge in [-0.3, -0.25) is 0 Å². The first kappa shape index (κ1) is 33.4. The van der Waals surface area contributed by atoms with E-state index < -0.39 is 5.41 Å². The van der Waals surface area contributed by atoms with Crippen LogP contribution in [0.2, 0.25) is 0 Å². The minimum atomic E-state index is -0.507. The van der Waals surface area contributed by atoms with Crippen LogP contribution in [0.1, 0.15) is 47.2 Å². The van der Waals surface area contributed by atoms with Crippen LogP contribution in [0.3, 0.4) is 0 Å². The molecule has 9 aromatic carbocycles. The van der Waals surface area contributed by atoms with Gasteiger partial charge in [0.25, 0.3) is 0 Å². The highest BCUT2D eigenvalue weighted by Gasteiger charge is 2.46. The van der Waals surface area contributed by atoms with Gasteiger partial charge in [-0.05, 0) is 102 Å². The molecule has 11 rings (SSSR count). The molecule has 0 spiro atoms. The van der Waals surface area contributed by atoms with Gasteiger partial charge in [0.05, 0.1) is 11.1 Å². The Morgan fingerprint density at radius 2 is 0.930 bits per heavy atom. The summed E-state index contributed by atoms with van der Waals surface area (Å²) in [5.74, 6) is 0. The summed E-state index contributed by atoms with van der Waals surface area (Å²) in [5.41, 5.74) is 18.2. The maximum absolute atomic E-state index is 2.52. The molecule has 0 heterocycles. The predicted molar refractivity (Wildman–Crippen MR) is 239 cm³/mol. The summed E-state index contributed by atoms with van der Waals surface area (Å²) in [6, 6.07) is 78.7. The minimum absolute atomic E-state index is 0.180. The maximum atomic E-state index is 2.52. The Morgan fingerprint density at radius 3 is 1.63 bits per heavy atom. The second-order valence-electron chi connectivity index (χ2n) is 16.0. The molecule has 270 valence electrons. The van der Waals surface area contributed by atoms with Gasteiger partial charge in [-0.15, -0.1) is 0 Å². The Morgan fingerprint density at radius 1 is 0.386 bits per heavy atom. The van der Waals surface area contributed by atoms with Gasteiger partial charge in [0.1, 0.15) is 0 Å². The second-order valence-corrected chi connectivity index (χ2v) is 16.0. The zero-order valence-corrected chi connectivity index (χ0v) is 32.2. The van der Waals surface area contributed by atoms with Gasteiger partial charge in [0.2, 0.25) is 0 Å². The summed E-state index contributed by atoms with van der Waals surface area (Å²) in [6.45, 7) is 4.79. The van der Waals surface area contributed by atoms with Crippen LogP contribution in [0, 0.1) is 0 Å². The van der Waals surface area contributed by atoms with Crippen LogP contribution in [0.5, 0.6) is 0 Å². The fourth-order valence-corrected chi connectivity index (χ4v) is 10.3. The van der Waals surface area contributed by atoms with Crippen molar-refractivity contribution in [3.8, 4) is 33.4 Å². The average molecular weight is 728 g/mol. The van der Waals surface area contributed by atoms with Crippen molar-refractivity contribution in [2.24, 2.45) is 0 Å². The van der Waals surface area contributed by atoms with E-state index in [4.69, 9.17) is 0 Å². The molecule has 2 aliphatic rings. The molecule has 0 N–H and O–H groups in total. The van der Waals surface area contributed by atoms with Crippen molar-refractivity contribution < 1.29 is 0 Å². The van der Waals surface area contributed by atoms with Crippen molar-refractivity contribution in [1.29, 1.82) is 0 Å². The van der Waals surface area contributed by atoms with E-state index in [2.05, 4.69) is 231 Å². The Bertz CT molecular complexity index is 2930. The van der Waals surface area contributed by atoms with Gasteiger partial charge in [0, 0.05) is 22.4 Å². The van der Waals surface area contributed by atoms with Gasteiger partial charge < -0.3 is 4.90 Å². The van der Waals surface area contributed by atoms with Crippen molar-refractivity contribution in [3.05, 3.63) is 246 Å². The third kappa shape index (κ3) is 4.89. The molecule has 2 aliphatic carbocycles. The first-order valence-electron chi connectivity index (χ1n) is 20.0. The molecule has 0 aromatic heterocycles. The molecular weight excluding hydrogens is 687 g/mol. The summed E-state index contributed by atoms with van der Waals surface area (Å²) < 4.78 is 0. The summed E-state index contributed by atoms with van der Waals surface area (Å²) in [5, 5.41) is 2.56. The molecule has 0 amide bonds. The maximum Gasteiger partial charge on any atom is 0.0714 e. The Labute approximate surface area is 335 Å². The van der Waals surface area contributed by atoms with Crippen LogP contribution < -0.4 is 4.90 Å². The Hall–Kier alpha value is -6.96. The quantitative estimate of drug-likeness (QED) is 0.165. The highest BCUT2D eigenvalue weighted by atomic mass is 15.1. The summed E-state index contributed by atoms with van der Waals surface area (Å²) in [4.78, 5) is 2.52. The summed E-state index contributed by atoms with van der Waals surface area (Å²) in [6.07, 6.45) is 0. The molecule has 1 nitrogen and oxygen atoms in total. The second kappa shape index (κ2) is 12.8. The fraction of sp³-hybridized carbons (Fsp3) is 0.0714. The third-order valence-corrected chi connectivity index (χ3v) is 12.7. The van der Waals surface area contributed by atoms with Crippen LogP contribution in [-0.2, 0) is 10.8 Å². The fourth-order valence-electron chi connectivity index (χ4n) is 10.3. The molecule has 57 heavy (non-hydrogen) atoms. The topological polar surface area (TPSA) is 3.24 Å². The largest absolute Gasteiger partial charge is 0.310 e. The SMILES string of the molecule is CC1(C)c2ccccc2-c2c(N(c3ccc(-c4ccccc4)cc3)c3cccc(C4(c5ccccc5)c5ccccc5-c5ccccc54)c3)cc3ccccc3c21. The van der Waals surface area contributed by atoms with Gasteiger partial charge >= 0.3 is 0 Å². The van der Waals surface area contributed by atoms with E-state index >= 15 is 0 Å². The number of anilines is 3. The Balaban J connectivity index is 1.21. The van der Waals surface area contributed by atoms with E-state index in [-0.39, 0.29) is 5.41 Å². The summed E-state index contributed by atoms with van der Waals surface area (Å²) in [7, 11) is 0.